The molecule has 0 saturated heterocycles. The molecule has 0 bridgehead atoms. The Morgan fingerprint density at radius 3 is 2.71 bits per heavy atom. The monoisotopic (exact) mass is 447 g/mol. The lowest BCUT2D eigenvalue weighted by Crippen LogP contribution is -2.41. The summed E-state index contributed by atoms with van der Waals surface area (Å²) in [5.74, 6) is 1.32. The number of unbranched alkanes of at least 4 members (excludes halogenated alkanes) is 3. The molecule has 1 aliphatic heterocycles. The second kappa shape index (κ2) is 9.33. The fraction of sp³-hybridized carbons (Fsp3) is 0.556. The van der Waals surface area contributed by atoms with Crippen molar-refractivity contribution in [2.24, 2.45) is 4.99 Å². The van der Waals surface area contributed by atoms with Crippen LogP contribution in [0.5, 0.6) is 0 Å². The molecule has 4 rings (SSSR count). The molecule has 0 aliphatic carbocycles. The van der Waals surface area contributed by atoms with Gasteiger partial charge in [0.2, 0.25) is 0 Å². The fourth-order valence-corrected chi connectivity index (χ4v) is 3.71. The summed E-state index contributed by atoms with van der Waals surface area (Å²) in [5.41, 5.74) is -0.164. The maximum Gasteiger partial charge on any atom is 0.332 e. The molecule has 0 radical (unpaired) electrons. The number of hydrogen-bond donors (Lipinski definition) is 1. The first kappa shape index (κ1) is 21.1. The van der Waals surface area contributed by atoms with Gasteiger partial charge in [-0.25, -0.2) is 9.79 Å². The van der Waals surface area contributed by atoms with Crippen LogP contribution in [-0.4, -0.2) is 45.1 Å². The number of hydrogen-bond acceptors (Lipinski definition) is 9. The van der Waals surface area contributed by atoms with Crippen LogP contribution in [-0.2, 0) is 25.9 Å². The highest BCUT2D eigenvalue weighted by Crippen LogP contribution is 2.24. The van der Waals surface area contributed by atoms with E-state index in [0.29, 0.717) is 54.7 Å². The molecule has 0 amide bonds. The Hall–Kier alpha value is -3.15. The molecule has 13 heteroatoms. The number of tetrazole rings is 1. The first-order chi connectivity index (χ1) is 15.1. The van der Waals surface area contributed by atoms with Crippen LogP contribution in [0.2, 0.25) is 0 Å². The van der Waals surface area contributed by atoms with Gasteiger partial charge in [0.25, 0.3) is 17.3 Å². The summed E-state index contributed by atoms with van der Waals surface area (Å²) in [5, 5.41) is 17.6. The van der Waals surface area contributed by atoms with E-state index < -0.39 is 0 Å². The van der Waals surface area contributed by atoms with Crippen LogP contribution in [0, 0.1) is 0 Å². The van der Waals surface area contributed by atoms with Crippen molar-refractivity contribution in [1.29, 1.82) is 0 Å². The van der Waals surface area contributed by atoms with Crippen LogP contribution in [0.1, 0.15) is 50.4 Å². The largest absolute Gasteiger partial charge is 0.332 e. The number of H-pyrrole nitrogens is 1. The third-order valence-electron chi connectivity index (χ3n) is 5.06. The number of aliphatic imine (C=N–C) groups is 1. The SMILES string of the molecule is CCCCCn1c2c(c(=O)n(CCCCc3noc(-c4nn[nH]n4)n3)c1=O)CC(Cl)=N2. The Balaban J connectivity index is 1.44. The average molecular weight is 448 g/mol. The molecule has 1 N–H and O–H groups in total. The highest BCUT2D eigenvalue weighted by atomic mass is 35.5. The van der Waals surface area contributed by atoms with Gasteiger partial charge in [-0.2, -0.15) is 10.2 Å². The van der Waals surface area contributed by atoms with Crippen LogP contribution in [0.4, 0.5) is 5.82 Å². The molecule has 31 heavy (non-hydrogen) atoms. The molecule has 0 atom stereocenters. The van der Waals surface area contributed by atoms with Crippen molar-refractivity contribution in [3.63, 3.8) is 0 Å². The van der Waals surface area contributed by atoms with Gasteiger partial charge in [0.05, 0.1) is 5.56 Å². The molecule has 0 unspecified atom stereocenters. The van der Waals surface area contributed by atoms with Crippen molar-refractivity contribution in [2.75, 3.05) is 0 Å². The van der Waals surface area contributed by atoms with Gasteiger partial charge in [0.15, 0.2) is 5.82 Å². The van der Waals surface area contributed by atoms with Crippen molar-refractivity contribution in [3.05, 3.63) is 32.2 Å². The summed E-state index contributed by atoms with van der Waals surface area (Å²) in [6.07, 6.45) is 4.94. The minimum atomic E-state index is -0.339. The first-order valence-corrected chi connectivity index (χ1v) is 10.6. The number of aromatic amines is 1. The van der Waals surface area contributed by atoms with Gasteiger partial charge >= 0.3 is 5.69 Å². The van der Waals surface area contributed by atoms with E-state index in [-0.39, 0.29) is 29.4 Å². The van der Waals surface area contributed by atoms with E-state index in [2.05, 4.69) is 42.7 Å². The molecule has 4 heterocycles. The van der Waals surface area contributed by atoms with Crippen molar-refractivity contribution in [3.8, 4) is 11.7 Å². The molecule has 164 valence electrons. The summed E-state index contributed by atoms with van der Waals surface area (Å²) in [4.78, 5) is 34.3. The highest BCUT2D eigenvalue weighted by Gasteiger charge is 2.24. The van der Waals surface area contributed by atoms with Gasteiger partial charge in [-0.15, -0.1) is 10.2 Å². The summed E-state index contributed by atoms with van der Waals surface area (Å²) in [6.45, 7) is 2.91. The standard InChI is InChI=1S/C18H22ClN9O3/c1-2-3-5-8-27-15-11(10-12(19)20-15)17(29)28(18(27)30)9-6-4-7-13-21-16(31-24-13)14-22-25-26-23-14/h2-10H2,1H3,(H,22,23,25,26). The Kier molecular flexibility index (Phi) is 6.35. The quantitative estimate of drug-likeness (QED) is 0.460. The molecule has 0 aromatic carbocycles. The van der Waals surface area contributed by atoms with E-state index in [1.807, 2.05) is 0 Å². The molecular formula is C18H22ClN9O3. The van der Waals surface area contributed by atoms with Gasteiger partial charge in [0, 0.05) is 25.9 Å². The number of halogens is 1. The number of rotatable bonds is 10. The van der Waals surface area contributed by atoms with E-state index in [1.165, 1.54) is 4.57 Å². The van der Waals surface area contributed by atoms with Gasteiger partial charge in [-0.3, -0.25) is 13.9 Å². The van der Waals surface area contributed by atoms with Crippen molar-refractivity contribution < 1.29 is 4.52 Å². The smallest absolute Gasteiger partial charge is 0.330 e. The first-order valence-electron chi connectivity index (χ1n) is 10.2. The van der Waals surface area contributed by atoms with E-state index in [9.17, 15) is 9.59 Å². The van der Waals surface area contributed by atoms with Crippen LogP contribution >= 0.6 is 11.6 Å². The van der Waals surface area contributed by atoms with Crippen LogP contribution in [0.25, 0.3) is 11.7 Å². The molecule has 12 nitrogen and oxygen atoms in total. The fourth-order valence-electron chi connectivity index (χ4n) is 3.50. The second-order valence-corrected chi connectivity index (χ2v) is 7.71. The summed E-state index contributed by atoms with van der Waals surface area (Å²) >= 11 is 6.07. The second-order valence-electron chi connectivity index (χ2n) is 7.27. The maximum atomic E-state index is 13.0. The Morgan fingerprint density at radius 2 is 1.94 bits per heavy atom. The Morgan fingerprint density at radius 1 is 1.13 bits per heavy atom. The number of nitrogens with one attached hydrogen (secondary N) is 1. The minimum absolute atomic E-state index is 0.186. The molecule has 3 aromatic rings. The maximum absolute atomic E-state index is 13.0. The summed E-state index contributed by atoms with van der Waals surface area (Å²) < 4.78 is 7.98. The lowest BCUT2D eigenvalue weighted by molar-refractivity contribution is 0.418. The Bertz CT molecular complexity index is 1190. The van der Waals surface area contributed by atoms with Crippen molar-refractivity contribution in [2.45, 2.75) is 65.0 Å². The molecule has 3 aromatic heterocycles. The predicted octanol–water partition coefficient (Wildman–Crippen LogP) is 1.61. The zero-order chi connectivity index (χ0) is 21.8. The lowest BCUT2D eigenvalue weighted by atomic mass is 10.2. The van der Waals surface area contributed by atoms with Crippen LogP contribution in [0.3, 0.4) is 0 Å². The van der Waals surface area contributed by atoms with E-state index in [4.69, 9.17) is 16.1 Å². The van der Waals surface area contributed by atoms with Crippen molar-refractivity contribution >= 4 is 22.6 Å². The summed E-state index contributed by atoms with van der Waals surface area (Å²) in [6, 6.07) is 0. The topological polar surface area (TPSA) is 150 Å². The highest BCUT2D eigenvalue weighted by molar-refractivity contribution is 6.66. The average Bonchev–Trinajstić information content (AvgIpc) is 3.50. The zero-order valence-corrected chi connectivity index (χ0v) is 17.8. The number of aryl methyl sites for hydroxylation is 1. The van der Waals surface area contributed by atoms with Crippen molar-refractivity contribution in [1.82, 2.24) is 39.9 Å². The number of nitrogens with zero attached hydrogens (tertiary/aromatic N) is 8. The third kappa shape index (κ3) is 4.48. The van der Waals surface area contributed by atoms with Crippen LogP contribution < -0.4 is 11.2 Å². The minimum Gasteiger partial charge on any atom is -0.330 e. The van der Waals surface area contributed by atoms with E-state index in [0.717, 1.165) is 19.3 Å². The number of aromatic nitrogens is 8. The van der Waals surface area contributed by atoms with Gasteiger partial charge in [-0.1, -0.05) is 36.5 Å². The molecule has 0 fully saturated rings. The van der Waals surface area contributed by atoms with Gasteiger partial charge in [0.1, 0.15) is 11.0 Å². The van der Waals surface area contributed by atoms with Gasteiger partial charge in [-0.05, 0) is 24.5 Å². The molecule has 0 spiro atoms. The van der Waals surface area contributed by atoms with E-state index in [1.54, 1.807) is 4.57 Å². The van der Waals surface area contributed by atoms with Gasteiger partial charge < -0.3 is 4.52 Å². The summed E-state index contributed by atoms with van der Waals surface area (Å²) in [7, 11) is 0. The zero-order valence-electron chi connectivity index (χ0n) is 17.0. The van der Waals surface area contributed by atoms with E-state index >= 15 is 0 Å². The number of fused-ring (bicyclic) bond motifs is 1. The Labute approximate surface area is 181 Å². The normalized spacial score (nSPS) is 12.9. The lowest BCUT2D eigenvalue weighted by Gasteiger charge is -2.14. The predicted molar refractivity (Wildman–Crippen MR) is 112 cm³/mol. The molecule has 1 aliphatic rings. The molecular weight excluding hydrogens is 426 g/mol. The van der Waals surface area contributed by atoms with Crippen LogP contribution in [0.15, 0.2) is 19.1 Å². The molecule has 0 saturated carbocycles. The third-order valence-corrected chi connectivity index (χ3v) is 5.28.